The largest absolute Gasteiger partial charge is 0.399 e. The van der Waals surface area contributed by atoms with E-state index in [4.69, 9.17) is 28.9 Å². The highest BCUT2D eigenvalue weighted by Gasteiger charge is 2.11. The van der Waals surface area contributed by atoms with Gasteiger partial charge in [-0.15, -0.1) is 0 Å². The SMILES string of the molecule is CC(Nc1c(Cl)cc(N)cc1Cl)c1ccc(F)cc1. The van der Waals surface area contributed by atoms with Crippen molar-refractivity contribution >= 4 is 34.6 Å². The Balaban J connectivity index is 2.24. The third kappa shape index (κ3) is 3.31. The standard InChI is InChI=1S/C14H13Cl2FN2/c1-8(9-2-4-10(17)5-3-9)19-14-12(15)6-11(18)7-13(14)16/h2-8,19H,18H2,1H3. The zero-order valence-electron chi connectivity index (χ0n) is 10.3. The molecule has 0 radical (unpaired) electrons. The molecule has 0 saturated carbocycles. The van der Waals surface area contributed by atoms with Crippen LogP contribution in [0.1, 0.15) is 18.5 Å². The first-order valence-corrected chi connectivity index (χ1v) is 6.49. The van der Waals surface area contributed by atoms with Crippen LogP contribution >= 0.6 is 23.2 Å². The first-order chi connectivity index (χ1) is 8.97. The average molecular weight is 299 g/mol. The third-order valence-corrected chi connectivity index (χ3v) is 3.39. The Hall–Kier alpha value is -1.45. The van der Waals surface area contributed by atoms with Crippen molar-refractivity contribution in [3.05, 3.63) is 57.8 Å². The van der Waals surface area contributed by atoms with Gasteiger partial charge in [0.2, 0.25) is 0 Å². The topological polar surface area (TPSA) is 38.0 Å². The lowest BCUT2D eigenvalue weighted by molar-refractivity contribution is 0.626. The molecular weight excluding hydrogens is 286 g/mol. The van der Waals surface area contributed by atoms with Crippen molar-refractivity contribution in [2.45, 2.75) is 13.0 Å². The van der Waals surface area contributed by atoms with Crippen LogP contribution in [0, 0.1) is 5.82 Å². The van der Waals surface area contributed by atoms with Gasteiger partial charge in [0.05, 0.1) is 15.7 Å². The summed E-state index contributed by atoms with van der Waals surface area (Å²) >= 11 is 12.2. The van der Waals surface area contributed by atoms with Crippen molar-refractivity contribution in [1.82, 2.24) is 0 Å². The van der Waals surface area contributed by atoms with Crippen LogP contribution in [0.4, 0.5) is 15.8 Å². The molecule has 0 spiro atoms. The van der Waals surface area contributed by atoms with Gasteiger partial charge in [0.25, 0.3) is 0 Å². The monoisotopic (exact) mass is 298 g/mol. The fourth-order valence-corrected chi connectivity index (χ4v) is 2.39. The molecule has 1 atom stereocenters. The number of benzene rings is 2. The summed E-state index contributed by atoms with van der Waals surface area (Å²) in [6.45, 7) is 1.94. The quantitative estimate of drug-likeness (QED) is 0.792. The molecule has 2 nitrogen and oxygen atoms in total. The Kier molecular flexibility index (Phi) is 4.17. The van der Waals surface area contributed by atoms with Gasteiger partial charge in [0.15, 0.2) is 0 Å². The molecular formula is C14H13Cl2FN2. The van der Waals surface area contributed by atoms with Crippen molar-refractivity contribution in [2.75, 3.05) is 11.1 Å². The van der Waals surface area contributed by atoms with Gasteiger partial charge in [0, 0.05) is 11.7 Å². The Morgan fingerprint density at radius 2 is 1.63 bits per heavy atom. The fourth-order valence-electron chi connectivity index (χ4n) is 1.78. The van der Waals surface area contributed by atoms with E-state index in [0.717, 1.165) is 5.56 Å². The summed E-state index contributed by atoms with van der Waals surface area (Å²) in [6.07, 6.45) is 0. The van der Waals surface area contributed by atoms with Crippen molar-refractivity contribution in [3.63, 3.8) is 0 Å². The average Bonchev–Trinajstić information content (AvgIpc) is 2.34. The first-order valence-electron chi connectivity index (χ1n) is 5.74. The summed E-state index contributed by atoms with van der Waals surface area (Å²) in [5.41, 5.74) is 7.71. The predicted molar refractivity (Wildman–Crippen MR) is 79.3 cm³/mol. The van der Waals surface area contributed by atoms with E-state index in [1.807, 2.05) is 6.92 Å². The highest BCUT2D eigenvalue weighted by atomic mass is 35.5. The number of anilines is 2. The second kappa shape index (κ2) is 5.68. The van der Waals surface area contributed by atoms with Crippen molar-refractivity contribution in [3.8, 4) is 0 Å². The van der Waals surface area contributed by atoms with Crippen molar-refractivity contribution in [2.24, 2.45) is 0 Å². The molecule has 2 aromatic rings. The fraction of sp³-hybridized carbons (Fsp3) is 0.143. The molecule has 0 saturated heterocycles. The van der Waals surface area contributed by atoms with Crippen molar-refractivity contribution in [1.29, 1.82) is 0 Å². The van der Waals surface area contributed by atoms with Crippen LogP contribution in [0.5, 0.6) is 0 Å². The highest BCUT2D eigenvalue weighted by molar-refractivity contribution is 6.39. The molecule has 0 aliphatic rings. The molecule has 5 heteroatoms. The van der Waals surface area contributed by atoms with Gasteiger partial charge in [0.1, 0.15) is 5.82 Å². The smallest absolute Gasteiger partial charge is 0.123 e. The number of nitrogens with two attached hydrogens (primary N) is 1. The van der Waals surface area contributed by atoms with E-state index in [1.165, 1.54) is 12.1 Å². The molecule has 0 bridgehead atoms. The van der Waals surface area contributed by atoms with E-state index in [9.17, 15) is 4.39 Å². The molecule has 0 amide bonds. The second-order valence-corrected chi connectivity index (χ2v) is 5.09. The number of nitrogens with one attached hydrogen (secondary N) is 1. The van der Waals surface area contributed by atoms with Crippen LogP contribution in [-0.2, 0) is 0 Å². The molecule has 2 aromatic carbocycles. The van der Waals surface area contributed by atoms with Crippen LogP contribution in [0.15, 0.2) is 36.4 Å². The molecule has 2 rings (SSSR count). The molecule has 19 heavy (non-hydrogen) atoms. The summed E-state index contributed by atoms with van der Waals surface area (Å²) in [6, 6.07) is 9.47. The lowest BCUT2D eigenvalue weighted by atomic mass is 10.1. The minimum absolute atomic E-state index is 0.0563. The van der Waals surface area contributed by atoms with E-state index < -0.39 is 0 Å². The van der Waals surface area contributed by atoms with Gasteiger partial charge in [-0.1, -0.05) is 35.3 Å². The summed E-state index contributed by atoms with van der Waals surface area (Å²) in [7, 11) is 0. The van der Waals surface area contributed by atoms with Gasteiger partial charge in [-0.05, 0) is 36.8 Å². The minimum atomic E-state index is -0.264. The zero-order valence-corrected chi connectivity index (χ0v) is 11.8. The molecule has 0 heterocycles. The Morgan fingerprint density at radius 3 is 2.16 bits per heavy atom. The van der Waals surface area contributed by atoms with E-state index in [0.29, 0.717) is 21.4 Å². The summed E-state index contributed by atoms with van der Waals surface area (Å²) in [4.78, 5) is 0. The van der Waals surface area contributed by atoms with Crippen molar-refractivity contribution < 1.29 is 4.39 Å². The number of hydrogen-bond donors (Lipinski definition) is 2. The maximum absolute atomic E-state index is 12.9. The van der Waals surface area contributed by atoms with Gasteiger partial charge < -0.3 is 11.1 Å². The van der Waals surface area contributed by atoms with Gasteiger partial charge in [-0.3, -0.25) is 0 Å². The molecule has 0 aliphatic heterocycles. The van der Waals surface area contributed by atoms with Gasteiger partial charge in [-0.2, -0.15) is 0 Å². The van der Waals surface area contributed by atoms with Crippen LogP contribution in [0.2, 0.25) is 10.0 Å². The summed E-state index contributed by atoms with van der Waals surface area (Å²) in [5.74, 6) is -0.264. The molecule has 1 unspecified atom stereocenters. The van der Waals surface area contributed by atoms with Crippen LogP contribution in [0.3, 0.4) is 0 Å². The molecule has 0 fully saturated rings. The zero-order chi connectivity index (χ0) is 14.0. The molecule has 0 aliphatic carbocycles. The van der Waals surface area contributed by atoms with E-state index in [2.05, 4.69) is 5.32 Å². The van der Waals surface area contributed by atoms with Crippen LogP contribution in [-0.4, -0.2) is 0 Å². The maximum atomic E-state index is 12.9. The minimum Gasteiger partial charge on any atom is -0.399 e. The lowest BCUT2D eigenvalue weighted by Gasteiger charge is -2.18. The normalized spacial score (nSPS) is 12.2. The predicted octanol–water partition coefficient (Wildman–Crippen LogP) is 4.89. The number of halogens is 3. The number of nitrogen functional groups attached to an aromatic ring is 1. The van der Waals surface area contributed by atoms with E-state index >= 15 is 0 Å². The Labute approximate surface area is 121 Å². The molecule has 100 valence electrons. The maximum Gasteiger partial charge on any atom is 0.123 e. The lowest BCUT2D eigenvalue weighted by Crippen LogP contribution is -2.07. The molecule has 0 aromatic heterocycles. The Bertz CT molecular complexity index is 561. The van der Waals surface area contributed by atoms with Crippen LogP contribution < -0.4 is 11.1 Å². The van der Waals surface area contributed by atoms with Gasteiger partial charge in [-0.25, -0.2) is 4.39 Å². The molecule has 3 N–H and O–H groups in total. The third-order valence-electron chi connectivity index (χ3n) is 2.80. The second-order valence-electron chi connectivity index (χ2n) is 4.28. The van der Waals surface area contributed by atoms with Gasteiger partial charge >= 0.3 is 0 Å². The Morgan fingerprint density at radius 1 is 1.11 bits per heavy atom. The van der Waals surface area contributed by atoms with E-state index in [1.54, 1.807) is 24.3 Å². The van der Waals surface area contributed by atoms with E-state index in [-0.39, 0.29) is 11.9 Å². The summed E-state index contributed by atoms with van der Waals surface area (Å²) < 4.78 is 12.9. The highest BCUT2D eigenvalue weighted by Crippen LogP contribution is 2.35. The first kappa shape index (κ1) is 14.0. The summed E-state index contributed by atoms with van der Waals surface area (Å²) in [5, 5.41) is 4.11. The van der Waals surface area contributed by atoms with Crippen LogP contribution in [0.25, 0.3) is 0 Å². The number of hydrogen-bond acceptors (Lipinski definition) is 2. The number of rotatable bonds is 3.